The summed E-state index contributed by atoms with van der Waals surface area (Å²) in [6.45, 7) is 1.92. The van der Waals surface area contributed by atoms with E-state index in [2.05, 4.69) is 6.07 Å². The number of nitrogens with two attached hydrogens (primary N) is 1. The van der Waals surface area contributed by atoms with Gasteiger partial charge in [-0.05, 0) is 61.1 Å². The molecule has 0 spiro atoms. The number of thiophene rings is 1. The van der Waals surface area contributed by atoms with E-state index in [0.29, 0.717) is 0 Å². The van der Waals surface area contributed by atoms with Crippen molar-refractivity contribution in [2.75, 3.05) is 0 Å². The molecule has 1 unspecified atom stereocenters. The van der Waals surface area contributed by atoms with Crippen LogP contribution < -0.4 is 5.73 Å². The van der Waals surface area contributed by atoms with Crippen LogP contribution in [0.3, 0.4) is 0 Å². The summed E-state index contributed by atoms with van der Waals surface area (Å²) in [4.78, 5) is 2.69. The van der Waals surface area contributed by atoms with Crippen LogP contribution in [0.5, 0.6) is 0 Å². The summed E-state index contributed by atoms with van der Waals surface area (Å²) in [6, 6.07) is 6.96. The fraction of sp³-hybridized carbons (Fsp3) is 0.333. The summed E-state index contributed by atoms with van der Waals surface area (Å²) >= 11 is 1.82. The number of hydrogen-bond acceptors (Lipinski definition) is 2. The lowest BCUT2D eigenvalue weighted by molar-refractivity contribution is 0.625. The van der Waals surface area contributed by atoms with Crippen LogP contribution >= 0.6 is 11.3 Å². The zero-order valence-corrected chi connectivity index (χ0v) is 11.2. The van der Waals surface area contributed by atoms with E-state index in [1.54, 1.807) is 12.1 Å². The van der Waals surface area contributed by atoms with Crippen molar-refractivity contribution in [1.29, 1.82) is 0 Å². The maximum atomic E-state index is 13.1. The molecule has 0 fully saturated rings. The predicted molar refractivity (Wildman–Crippen MR) is 73.5 cm³/mol. The van der Waals surface area contributed by atoms with Crippen molar-refractivity contribution >= 4 is 11.3 Å². The number of aryl methyl sites for hydroxylation is 3. The molecule has 0 saturated heterocycles. The Morgan fingerprint density at radius 3 is 2.83 bits per heavy atom. The van der Waals surface area contributed by atoms with Gasteiger partial charge < -0.3 is 5.73 Å². The van der Waals surface area contributed by atoms with Gasteiger partial charge in [-0.3, -0.25) is 0 Å². The van der Waals surface area contributed by atoms with Gasteiger partial charge in [0.15, 0.2) is 0 Å². The SMILES string of the molecule is Cc1cc(F)ccc1C(N)c1cc2c(s1)CCC2. The Bertz CT molecular complexity index is 567. The maximum Gasteiger partial charge on any atom is 0.123 e. The molecule has 0 amide bonds. The molecule has 3 heteroatoms. The lowest BCUT2D eigenvalue weighted by Crippen LogP contribution is -2.12. The largest absolute Gasteiger partial charge is 0.320 e. The highest BCUT2D eigenvalue weighted by Crippen LogP contribution is 2.35. The van der Waals surface area contributed by atoms with E-state index in [1.165, 1.54) is 40.6 Å². The monoisotopic (exact) mass is 261 g/mol. The lowest BCUT2D eigenvalue weighted by Gasteiger charge is -2.13. The highest BCUT2D eigenvalue weighted by molar-refractivity contribution is 7.12. The first-order valence-corrected chi connectivity index (χ1v) is 7.10. The third kappa shape index (κ3) is 1.98. The van der Waals surface area contributed by atoms with E-state index in [9.17, 15) is 4.39 Å². The molecule has 2 aromatic rings. The second-order valence-electron chi connectivity index (χ2n) is 4.93. The minimum absolute atomic E-state index is 0.124. The zero-order valence-electron chi connectivity index (χ0n) is 10.4. The number of benzene rings is 1. The van der Waals surface area contributed by atoms with Crippen molar-refractivity contribution in [3.05, 3.63) is 56.5 Å². The molecule has 1 aliphatic rings. The van der Waals surface area contributed by atoms with Crippen LogP contribution in [0, 0.1) is 12.7 Å². The van der Waals surface area contributed by atoms with Gasteiger partial charge in [0, 0.05) is 9.75 Å². The second-order valence-corrected chi connectivity index (χ2v) is 6.10. The van der Waals surface area contributed by atoms with E-state index in [-0.39, 0.29) is 11.9 Å². The van der Waals surface area contributed by atoms with Crippen LogP contribution in [-0.2, 0) is 12.8 Å². The summed E-state index contributed by atoms with van der Waals surface area (Å²) in [6.07, 6.45) is 3.64. The summed E-state index contributed by atoms with van der Waals surface area (Å²) in [5, 5.41) is 0. The molecule has 94 valence electrons. The molecule has 1 aliphatic carbocycles. The Labute approximate surface area is 110 Å². The van der Waals surface area contributed by atoms with E-state index in [0.717, 1.165) is 11.1 Å². The van der Waals surface area contributed by atoms with E-state index < -0.39 is 0 Å². The van der Waals surface area contributed by atoms with Gasteiger partial charge in [0.2, 0.25) is 0 Å². The van der Waals surface area contributed by atoms with E-state index >= 15 is 0 Å². The van der Waals surface area contributed by atoms with Gasteiger partial charge in [0.25, 0.3) is 0 Å². The second kappa shape index (κ2) is 4.48. The van der Waals surface area contributed by atoms with Crippen molar-refractivity contribution < 1.29 is 4.39 Å². The lowest BCUT2D eigenvalue weighted by atomic mass is 10.0. The van der Waals surface area contributed by atoms with Crippen molar-refractivity contribution in [2.45, 2.75) is 32.2 Å². The van der Waals surface area contributed by atoms with E-state index in [1.807, 2.05) is 18.3 Å². The predicted octanol–water partition coefficient (Wildman–Crippen LogP) is 3.73. The molecule has 18 heavy (non-hydrogen) atoms. The van der Waals surface area contributed by atoms with E-state index in [4.69, 9.17) is 5.73 Å². The number of hydrogen-bond donors (Lipinski definition) is 1. The quantitative estimate of drug-likeness (QED) is 0.875. The van der Waals surface area contributed by atoms with Gasteiger partial charge in [-0.1, -0.05) is 6.07 Å². The Kier molecular flexibility index (Phi) is 2.96. The first-order valence-electron chi connectivity index (χ1n) is 6.28. The summed E-state index contributed by atoms with van der Waals surface area (Å²) in [7, 11) is 0. The molecule has 1 aromatic heterocycles. The third-order valence-electron chi connectivity index (χ3n) is 3.64. The average molecular weight is 261 g/mol. The molecule has 1 atom stereocenters. The molecule has 2 N–H and O–H groups in total. The number of fused-ring (bicyclic) bond motifs is 1. The zero-order chi connectivity index (χ0) is 12.7. The highest BCUT2D eigenvalue weighted by atomic mass is 32.1. The minimum Gasteiger partial charge on any atom is -0.320 e. The normalized spacial score (nSPS) is 15.7. The maximum absolute atomic E-state index is 13.1. The van der Waals surface area contributed by atoms with Crippen molar-refractivity contribution in [1.82, 2.24) is 0 Å². The number of rotatable bonds is 2. The topological polar surface area (TPSA) is 26.0 Å². The molecular weight excluding hydrogens is 245 g/mol. The smallest absolute Gasteiger partial charge is 0.123 e. The molecule has 0 saturated carbocycles. The Balaban J connectivity index is 1.95. The standard InChI is InChI=1S/C15H16FNS/c1-9-7-11(16)5-6-12(9)15(17)14-8-10-3-2-4-13(10)18-14/h5-8,15H,2-4,17H2,1H3. The molecule has 1 heterocycles. The third-order valence-corrected chi connectivity index (χ3v) is 4.96. The van der Waals surface area contributed by atoms with Gasteiger partial charge in [0.05, 0.1) is 6.04 Å². The first kappa shape index (κ1) is 11.9. The van der Waals surface area contributed by atoms with Crippen LogP contribution in [-0.4, -0.2) is 0 Å². The van der Waals surface area contributed by atoms with Crippen molar-refractivity contribution in [2.24, 2.45) is 5.73 Å². The summed E-state index contributed by atoms with van der Waals surface area (Å²) in [5.41, 5.74) is 9.73. The molecule has 1 aromatic carbocycles. The molecule has 0 aliphatic heterocycles. The number of halogens is 1. The molecule has 0 radical (unpaired) electrons. The molecular formula is C15H16FNS. The van der Waals surface area contributed by atoms with Gasteiger partial charge in [0.1, 0.15) is 5.82 Å². The molecule has 1 nitrogen and oxygen atoms in total. The summed E-state index contributed by atoms with van der Waals surface area (Å²) in [5.74, 6) is -0.197. The Morgan fingerprint density at radius 2 is 2.11 bits per heavy atom. The highest BCUT2D eigenvalue weighted by Gasteiger charge is 2.20. The van der Waals surface area contributed by atoms with Crippen LogP contribution in [0.25, 0.3) is 0 Å². The van der Waals surface area contributed by atoms with Crippen molar-refractivity contribution in [3.63, 3.8) is 0 Å². The van der Waals surface area contributed by atoms with Gasteiger partial charge in [-0.15, -0.1) is 11.3 Å². The van der Waals surface area contributed by atoms with Crippen LogP contribution in [0.2, 0.25) is 0 Å². The van der Waals surface area contributed by atoms with Crippen LogP contribution in [0.15, 0.2) is 24.3 Å². The van der Waals surface area contributed by atoms with Gasteiger partial charge >= 0.3 is 0 Å². The van der Waals surface area contributed by atoms with Gasteiger partial charge in [-0.2, -0.15) is 0 Å². The molecule has 0 bridgehead atoms. The van der Waals surface area contributed by atoms with Crippen LogP contribution in [0.4, 0.5) is 4.39 Å². The van der Waals surface area contributed by atoms with Crippen molar-refractivity contribution in [3.8, 4) is 0 Å². The average Bonchev–Trinajstić information content (AvgIpc) is 2.87. The fourth-order valence-electron chi connectivity index (χ4n) is 2.65. The Morgan fingerprint density at radius 1 is 1.28 bits per heavy atom. The first-order chi connectivity index (χ1) is 8.65. The van der Waals surface area contributed by atoms with Gasteiger partial charge in [-0.25, -0.2) is 4.39 Å². The Hall–Kier alpha value is -1.19. The molecule has 3 rings (SSSR count). The van der Waals surface area contributed by atoms with Crippen LogP contribution in [0.1, 0.15) is 38.9 Å². The summed E-state index contributed by atoms with van der Waals surface area (Å²) < 4.78 is 13.1. The fourth-order valence-corrected chi connectivity index (χ4v) is 3.92. The minimum atomic E-state index is -0.197.